The zero-order valence-electron chi connectivity index (χ0n) is 15.7. The molecule has 0 heterocycles. The van der Waals surface area contributed by atoms with Crippen LogP contribution < -0.4 is 10.6 Å². The van der Waals surface area contributed by atoms with Crippen LogP contribution >= 0.6 is 0 Å². The van der Waals surface area contributed by atoms with Gasteiger partial charge in [-0.2, -0.15) is 0 Å². The maximum absolute atomic E-state index is 9.19. The third-order valence-corrected chi connectivity index (χ3v) is 4.13. The van der Waals surface area contributed by atoms with Crippen LogP contribution in [0.5, 0.6) is 0 Å². The van der Waals surface area contributed by atoms with E-state index in [4.69, 9.17) is 15.9 Å². The van der Waals surface area contributed by atoms with Gasteiger partial charge in [0.25, 0.3) is 0 Å². The third kappa shape index (κ3) is 4.73. The molecular weight excluding hydrogens is 328 g/mol. The second-order valence-electron chi connectivity index (χ2n) is 6.14. The van der Waals surface area contributed by atoms with Gasteiger partial charge in [0, 0.05) is 24.9 Å². The summed E-state index contributed by atoms with van der Waals surface area (Å²) in [6.45, 7) is 8.19. The zero-order chi connectivity index (χ0) is 19.1. The Bertz CT molecular complexity index is 750. The van der Waals surface area contributed by atoms with Crippen LogP contribution in [-0.2, 0) is 4.74 Å². The number of nitrogens with one attached hydrogen (secondary N) is 1. The predicted molar refractivity (Wildman–Crippen MR) is 108 cm³/mol. The Kier molecular flexibility index (Phi) is 6.97. The summed E-state index contributed by atoms with van der Waals surface area (Å²) in [7, 11) is 0. The molecule has 4 N–H and O–H groups in total. The number of benzene rings is 1. The lowest BCUT2D eigenvalue weighted by Gasteiger charge is -2.22. The number of hydrogen-bond donors (Lipinski definition) is 3. The van der Waals surface area contributed by atoms with Gasteiger partial charge in [-0.25, -0.2) is 4.99 Å². The number of aliphatic hydroxyl groups is 1. The molecule has 0 spiro atoms. The van der Waals surface area contributed by atoms with Crippen LogP contribution in [0, 0.1) is 12.3 Å². The molecule has 1 aromatic rings. The molecule has 0 atom stereocenters. The summed E-state index contributed by atoms with van der Waals surface area (Å²) in [5.41, 5.74) is 10.0. The van der Waals surface area contributed by atoms with Crippen molar-refractivity contribution < 1.29 is 9.84 Å². The fraction of sp³-hybridized carbons (Fsp3) is 0.400. The van der Waals surface area contributed by atoms with Crippen molar-refractivity contribution in [3.63, 3.8) is 0 Å². The van der Waals surface area contributed by atoms with Crippen molar-refractivity contribution in [3.05, 3.63) is 47.4 Å². The number of aliphatic hydroxyl groups excluding tert-OH is 1. The Hall–Kier alpha value is -2.60. The van der Waals surface area contributed by atoms with Crippen LogP contribution in [0.1, 0.15) is 25.8 Å². The molecular formula is C20H28N4O2. The van der Waals surface area contributed by atoms with Crippen LogP contribution in [0.4, 0.5) is 11.4 Å². The molecule has 0 amide bonds. The molecule has 0 fully saturated rings. The molecule has 0 bridgehead atoms. The highest BCUT2D eigenvalue weighted by Gasteiger charge is 2.16. The second kappa shape index (κ2) is 9.20. The van der Waals surface area contributed by atoms with Gasteiger partial charge in [0.05, 0.1) is 36.0 Å². The summed E-state index contributed by atoms with van der Waals surface area (Å²) in [5.74, 6) is 0.566. The maximum atomic E-state index is 9.19. The van der Waals surface area contributed by atoms with Crippen molar-refractivity contribution >= 4 is 22.8 Å². The number of anilines is 1. The lowest BCUT2D eigenvalue weighted by atomic mass is 10.1. The predicted octanol–water partition coefficient (Wildman–Crippen LogP) is 3.07. The summed E-state index contributed by atoms with van der Waals surface area (Å²) in [5, 5.41) is 17.3. The lowest BCUT2D eigenvalue weighted by molar-refractivity contribution is 0.220. The van der Waals surface area contributed by atoms with Crippen LogP contribution in [0.25, 0.3) is 0 Å². The SMILES string of the molecule is CCCOC1=CC(=Nc2ccc(N(CC)CCO)cc2C)C(=N)C=C1N. The van der Waals surface area contributed by atoms with Crippen molar-refractivity contribution in [1.82, 2.24) is 0 Å². The highest BCUT2D eigenvalue weighted by atomic mass is 16.5. The number of nitrogens with two attached hydrogens (primary N) is 1. The van der Waals surface area contributed by atoms with E-state index in [1.165, 1.54) is 0 Å². The number of ether oxygens (including phenoxy) is 1. The lowest BCUT2D eigenvalue weighted by Crippen LogP contribution is -2.26. The molecule has 2 rings (SSSR count). The maximum Gasteiger partial charge on any atom is 0.144 e. The fourth-order valence-electron chi connectivity index (χ4n) is 2.70. The van der Waals surface area contributed by atoms with Crippen LogP contribution in [-0.4, -0.2) is 42.8 Å². The van der Waals surface area contributed by atoms with E-state index in [0.29, 0.717) is 30.3 Å². The first-order valence-electron chi connectivity index (χ1n) is 8.96. The first-order valence-corrected chi connectivity index (χ1v) is 8.96. The van der Waals surface area contributed by atoms with Gasteiger partial charge in [-0.15, -0.1) is 0 Å². The molecule has 0 saturated carbocycles. The number of aliphatic imine (C=N–C) groups is 1. The van der Waals surface area contributed by atoms with Gasteiger partial charge in [-0.1, -0.05) is 6.92 Å². The summed E-state index contributed by atoms with van der Waals surface area (Å²) in [6.07, 6.45) is 4.19. The first-order chi connectivity index (χ1) is 12.5. The van der Waals surface area contributed by atoms with Gasteiger partial charge >= 0.3 is 0 Å². The minimum Gasteiger partial charge on any atom is -0.491 e. The number of hydrogen-bond acceptors (Lipinski definition) is 6. The molecule has 0 radical (unpaired) electrons. The molecule has 0 saturated heterocycles. The summed E-state index contributed by atoms with van der Waals surface area (Å²) >= 11 is 0. The van der Waals surface area contributed by atoms with Crippen molar-refractivity contribution in [2.24, 2.45) is 10.7 Å². The van der Waals surface area contributed by atoms with E-state index in [0.717, 1.165) is 29.9 Å². The Morgan fingerprint density at radius 2 is 2.04 bits per heavy atom. The molecule has 1 aromatic carbocycles. The highest BCUT2D eigenvalue weighted by Crippen LogP contribution is 2.26. The van der Waals surface area contributed by atoms with Crippen molar-refractivity contribution in [2.75, 3.05) is 31.2 Å². The molecule has 0 unspecified atom stereocenters. The van der Waals surface area contributed by atoms with E-state index in [1.54, 1.807) is 12.2 Å². The molecule has 6 nitrogen and oxygen atoms in total. The van der Waals surface area contributed by atoms with Gasteiger partial charge in [0.2, 0.25) is 0 Å². The fourth-order valence-corrected chi connectivity index (χ4v) is 2.70. The van der Waals surface area contributed by atoms with E-state index in [1.807, 2.05) is 32.0 Å². The van der Waals surface area contributed by atoms with Gasteiger partial charge in [-0.3, -0.25) is 5.41 Å². The summed E-state index contributed by atoms with van der Waals surface area (Å²) < 4.78 is 5.64. The first kappa shape index (κ1) is 19.7. The van der Waals surface area contributed by atoms with Gasteiger partial charge < -0.3 is 20.5 Å². The van der Waals surface area contributed by atoms with E-state index in [-0.39, 0.29) is 12.3 Å². The number of rotatable bonds is 8. The average molecular weight is 356 g/mol. The van der Waals surface area contributed by atoms with E-state index in [2.05, 4.69) is 16.8 Å². The Morgan fingerprint density at radius 1 is 1.27 bits per heavy atom. The average Bonchev–Trinajstić information content (AvgIpc) is 2.62. The van der Waals surface area contributed by atoms with E-state index < -0.39 is 0 Å². The van der Waals surface area contributed by atoms with Gasteiger partial charge in [-0.05, 0) is 50.1 Å². The standard InChI is InChI=1S/C20H28N4O2/c1-4-10-26-20-13-19(16(21)12-17(20)22)23-18-7-6-15(11-14(18)3)24(5-2)8-9-25/h6-7,11-13,21,25H,4-5,8-10,22H2,1-3H3. The molecule has 140 valence electrons. The monoisotopic (exact) mass is 356 g/mol. The Balaban J connectivity index is 2.30. The zero-order valence-corrected chi connectivity index (χ0v) is 15.7. The molecule has 0 aromatic heterocycles. The van der Waals surface area contributed by atoms with Gasteiger partial charge in [0.15, 0.2) is 0 Å². The van der Waals surface area contributed by atoms with Gasteiger partial charge in [0.1, 0.15) is 5.76 Å². The number of allylic oxidation sites excluding steroid dienone is 2. The summed E-state index contributed by atoms with van der Waals surface area (Å²) in [6, 6.07) is 5.97. The number of likely N-dealkylation sites (N-methyl/N-ethyl adjacent to an activating group) is 1. The third-order valence-electron chi connectivity index (χ3n) is 4.13. The topological polar surface area (TPSA) is 94.9 Å². The largest absolute Gasteiger partial charge is 0.491 e. The van der Waals surface area contributed by atoms with Crippen LogP contribution in [0.15, 0.2) is 46.8 Å². The minimum atomic E-state index is 0.118. The highest BCUT2D eigenvalue weighted by molar-refractivity contribution is 6.50. The van der Waals surface area contributed by atoms with Crippen molar-refractivity contribution in [2.45, 2.75) is 27.2 Å². The Labute approximate surface area is 155 Å². The number of aryl methyl sites for hydroxylation is 1. The molecule has 26 heavy (non-hydrogen) atoms. The minimum absolute atomic E-state index is 0.118. The van der Waals surface area contributed by atoms with Crippen LogP contribution in [0.2, 0.25) is 0 Å². The summed E-state index contributed by atoms with van der Waals surface area (Å²) in [4.78, 5) is 6.74. The molecule has 0 aliphatic heterocycles. The Morgan fingerprint density at radius 3 is 2.65 bits per heavy atom. The molecule has 6 heteroatoms. The molecule has 1 aliphatic carbocycles. The van der Waals surface area contributed by atoms with E-state index >= 15 is 0 Å². The number of nitrogens with zero attached hydrogens (tertiary/aromatic N) is 2. The van der Waals surface area contributed by atoms with Crippen LogP contribution in [0.3, 0.4) is 0 Å². The molecule has 1 aliphatic rings. The second-order valence-corrected chi connectivity index (χ2v) is 6.14. The quantitative estimate of drug-likeness (QED) is 0.624. The van der Waals surface area contributed by atoms with Crippen molar-refractivity contribution in [1.29, 1.82) is 5.41 Å². The normalized spacial score (nSPS) is 15.7. The smallest absolute Gasteiger partial charge is 0.144 e. The van der Waals surface area contributed by atoms with Crippen molar-refractivity contribution in [3.8, 4) is 0 Å². The van der Waals surface area contributed by atoms with E-state index in [9.17, 15) is 5.11 Å².